The minimum atomic E-state index is -3.69. The highest BCUT2D eigenvalue weighted by Gasteiger charge is 2.15. The molecule has 0 bridgehead atoms. The molecule has 0 amide bonds. The van der Waals surface area contributed by atoms with Gasteiger partial charge in [0, 0.05) is 6.54 Å². The quantitative estimate of drug-likeness (QED) is 0.667. The summed E-state index contributed by atoms with van der Waals surface area (Å²) in [6.07, 6.45) is 0.679. The predicted molar refractivity (Wildman–Crippen MR) is 65.5 cm³/mol. The van der Waals surface area contributed by atoms with Crippen molar-refractivity contribution in [2.24, 2.45) is 0 Å². The zero-order valence-corrected chi connectivity index (χ0v) is 10.5. The van der Waals surface area contributed by atoms with Gasteiger partial charge in [0.05, 0.1) is 7.11 Å². The van der Waals surface area contributed by atoms with Crippen molar-refractivity contribution in [2.75, 3.05) is 18.4 Å². The second-order valence-electron chi connectivity index (χ2n) is 3.35. The van der Waals surface area contributed by atoms with Crippen LogP contribution in [0.5, 0.6) is 11.5 Å². The summed E-state index contributed by atoms with van der Waals surface area (Å²) >= 11 is 0. The van der Waals surface area contributed by atoms with Crippen LogP contribution in [0.3, 0.4) is 0 Å². The van der Waals surface area contributed by atoms with Crippen molar-refractivity contribution in [1.29, 1.82) is 0 Å². The van der Waals surface area contributed by atoms with Gasteiger partial charge in [0.25, 0.3) is 10.2 Å². The molecule has 7 heteroatoms. The van der Waals surface area contributed by atoms with Crippen LogP contribution in [0.4, 0.5) is 5.69 Å². The molecule has 0 aliphatic carbocycles. The highest BCUT2D eigenvalue weighted by atomic mass is 32.2. The number of hydrogen-bond donors (Lipinski definition) is 3. The number of ether oxygens (including phenoxy) is 1. The summed E-state index contributed by atoms with van der Waals surface area (Å²) in [7, 11) is -2.30. The van der Waals surface area contributed by atoms with Gasteiger partial charge < -0.3 is 9.84 Å². The number of anilines is 1. The number of aromatic hydroxyl groups is 1. The van der Waals surface area contributed by atoms with Crippen LogP contribution in [0.1, 0.15) is 13.3 Å². The fraction of sp³-hybridized carbons (Fsp3) is 0.400. The molecule has 0 saturated carbocycles. The Kier molecular flexibility index (Phi) is 4.59. The lowest BCUT2D eigenvalue weighted by Crippen LogP contribution is -2.30. The number of methoxy groups -OCH3 is 1. The average molecular weight is 260 g/mol. The Bertz CT molecular complexity index is 473. The van der Waals surface area contributed by atoms with E-state index in [0.29, 0.717) is 13.0 Å². The van der Waals surface area contributed by atoms with E-state index in [1.54, 1.807) is 12.1 Å². The molecule has 1 aromatic rings. The number of nitrogens with one attached hydrogen (secondary N) is 2. The van der Waals surface area contributed by atoms with Gasteiger partial charge in [-0.3, -0.25) is 4.72 Å². The van der Waals surface area contributed by atoms with Crippen molar-refractivity contribution in [1.82, 2.24) is 4.72 Å². The molecule has 6 nitrogen and oxygen atoms in total. The molecule has 0 aliphatic rings. The van der Waals surface area contributed by atoms with Gasteiger partial charge in [-0.05, 0) is 18.6 Å². The maximum Gasteiger partial charge on any atom is 0.299 e. The molecule has 3 N–H and O–H groups in total. The molecular formula is C10H16N2O4S. The van der Waals surface area contributed by atoms with Gasteiger partial charge in [0.15, 0.2) is 0 Å². The van der Waals surface area contributed by atoms with E-state index in [2.05, 4.69) is 9.44 Å². The summed E-state index contributed by atoms with van der Waals surface area (Å²) in [5, 5.41) is 9.58. The van der Waals surface area contributed by atoms with Crippen molar-refractivity contribution in [3.63, 3.8) is 0 Å². The third-order valence-electron chi connectivity index (χ3n) is 2.00. The zero-order chi connectivity index (χ0) is 12.9. The molecule has 17 heavy (non-hydrogen) atoms. The van der Waals surface area contributed by atoms with E-state index < -0.39 is 10.2 Å². The Morgan fingerprint density at radius 3 is 2.71 bits per heavy atom. The summed E-state index contributed by atoms with van der Waals surface area (Å²) in [5.41, 5.74) is 0.0265. The van der Waals surface area contributed by atoms with Gasteiger partial charge in [0.1, 0.15) is 17.2 Å². The van der Waals surface area contributed by atoms with Crippen LogP contribution in [0.25, 0.3) is 0 Å². The van der Waals surface area contributed by atoms with Crippen LogP contribution in [0, 0.1) is 0 Å². The van der Waals surface area contributed by atoms with Crippen LogP contribution < -0.4 is 14.2 Å². The van der Waals surface area contributed by atoms with Gasteiger partial charge >= 0.3 is 0 Å². The van der Waals surface area contributed by atoms with Crippen molar-refractivity contribution < 1.29 is 18.3 Å². The Morgan fingerprint density at radius 1 is 1.41 bits per heavy atom. The number of phenolic OH excluding ortho intramolecular Hbond substituents is 1. The van der Waals surface area contributed by atoms with Crippen molar-refractivity contribution >= 4 is 15.9 Å². The van der Waals surface area contributed by atoms with Crippen molar-refractivity contribution in [3.05, 3.63) is 18.2 Å². The summed E-state index contributed by atoms with van der Waals surface area (Å²) < 4.78 is 32.7. The average Bonchev–Trinajstić information content (AvgIpc) is 2.29. The highest BCUT2D eigenvalue weighted by Crippen LogP contribution is 2.33. The van der Waals surface area contributed by atoms with Crippen LogP contribution in [0.15, 0.2) is 18.2 Å². The minimum Gasteiger partial charge on any atom is -0.506 e. The second-order valence-corrected chi connectivity index (χ2v) is 4.85. The Morgan fingerprint density at radius 2 is 2.12 bits per heavy atom. The summed E-state index contributed by atoms with van der Waals surface area (Å²) in [4.78, 5) is 0. The SMILES string of the molecule is CCCNS(=O)(=O)Nc1c(O)cccc1OC. The standard InChI is InChI=1S/C10H16N2O4S/c1-3-7-11-17(14,15)12-10-8(13)5-4-6-9(10)16-2/h4-6,11-13H,3,7H2,1-2H3. The van der Waals surface area contributed by atoms with E-state index in [9.17, 15) is 13.5 Å². The zero-order valence-electron chi connectivity index (χ0n) is 9.73. The molecule has 0 atom stereocenters. The fourth-order valence-electron chi connectivity index (χ4n) is 1.20. The highest BCUT2D eigenvalue weighted by molar-refractivity contribution is 7.90. The number of hydrogen-bond acceptors (Lipinski definition) is 4. The van der Waals surface area contributed by atoms with Gasteiger partial charge in [-0.1, -0.05) is 13.0 Å². The molecule has 0 radical (unpaired) electrons. The third-order valence-corrected chi connectivity index (χ3v) is 3.06. The first-order valence-corrected chi connectivity index (χ1v) is 6.62. The lowest BCUT2D eigenvalue weighted by molar-refractivity contribution is 0.411. The molecular weight excluding hydrogens is 244 g/mol. The molecule has 96 valence electrons. The normalized spacial score (nSPS) is 11.2. The van der Waals surface area contributed by atoms with E-state index in [-0.39, 0.29) is 17.2 Å². The van der Waals surface area contributed by atoms with E-state index in [0.717, 1.165) is 0 Å². The molecule has 1 aromatic carbocycles. The van der Waals surface area contributed by atoms with E-state index in [1.165, 1.54) is 13.2 Å². The first-order chi connectivity index (χ1) is 8.00. The minimum absolute atomic E-state index is 0.0265. The maximum absolute atomic E-state index is 11.6. The molecule has 0 aliphatic heterocycles. The van der Waals surface area contributed by atoms with Crippen molar-refractivity contribution in [2.45, 2.75) is 13.3 Å². The summed E-state index contributed by atoms with van der Waals surface area (Å²) in [5.74, 6) is 0.0677. The lowest BCUT2D eigenvalue weighted by atomic mass is 10.3. The number of phenols is 1. The van der Waals surface area contributed by atoms with Gasteiger partial charge in [0.2, 0.25) is 0 Å². The number of para-hydroxylation sites is 1. The van der Waals surface area contributed by atoms with Gasteiger partial charge in [-0.25, -0.2) is 0 Å². The molecule has 0 fully saturated rings. The van der Waals surface area contributed by atoms with E-state index in [1.807, 2.05) is 6.92 Å². The topological polar surface area (TPSA) is 87.7 Å². The maximum atomic E-state index is 11.6. The third kappa shape index (κ3) is 3.79. The van der Waals surface area contributed by atoms with Crippen LogP contribution in [-0.2, 0) is 10.2 Å². The van der Waals surface area contributed by atoms with E-state index >= 15 is 0 Å². The monoisotopic (exact) mass is 260 g/mol. The second kappa shape index (κ2) is 5.74. The lowest BCUT2D eigenvalue weighted by Gasteiger charge is -2.13. The van der Waals surface area contributed by atoms with E-state index in [4.69, 9.17) is 4.74 Å². The molecule has 0 unspecified atom stereocenters. The van der Waals surface area contributed by atoms with Crippen LogP contribution >= 0.6 is 0 Å². The number of rotatable bonds is 6. The first kappa shape index (κ1) is 13.6. The largest absolute Gasteiger partial charge is 0.506 e. The van der Waals surface area contributed by atoms with Crippen LogP contribution in [-0.4, -0.2) is 27.2 Å². The van der Waals surface area contributed by atoms with Crippen molar-refractivity contribution in [3.8, 4) is 11.5 Å². The molecule has 0 saturated heterocycles. The van der Waals surface area contributed by atoms with Gasteiger partial charge in [-0.2, -0.15) is 13.1 Å². The summed E-state index contributed by atoms with van der Waals surface area (Å²) in [6, 6.07) is 4.49. The molecule has 0 aromatic heterocycles. The fourth-order valence-corrected chi connectivity index (χ4v) is 2.22. The van der Waals surface area contributed by atoms with Gasteiger partial charge in [-0.15, -0.1) is 0 Å². The molecule has 1 rings (SSSR count). The number of benzene rings is 1. The summed E-state index contributed by atoms with van der Waals surface area (Å²) in [6.45, 7) is 2.17. The first-order valence-electron chi connectivity index (χ1n) is 5.13. The van der Waals surface area contributed by atoms with Crippen LogP contribution in [0.2, 0.25) is 0 Å². The Labute approximate surface area is 101 Å². The predicted octanol–water partition coefficient (Wildman–Crippen LogP) is 1.06. The Balaban J connectivity index is 2.94. The Hall–Kier alpha value is -1.47. The smallest absolute Gasteiger partial charge is 0.299 e. The molecule has 0 heterocycles. The molecule has 0 spiro atoms.